The van der Waals surface area contributed by atoms with Crippen LogP contribution >= 0.6 is 11.8 Å². The fourth-order valence-corrected chi connectivity index (χ4v) is 5.41. The third-order valence-electron chi connectivity index (χ3n) is 5.60. The molecule has 1 N–H and O–H groups in total. The molecule has 0 aromatic carbocycles. The molecule has 4 atom stereocenters. The first-order valence-electron chi connectivity index (χ1n) is 9.21. The second kappa shape index (κ2) is 8.79. The van der Waals surface area contributed by atoms with Crippen molar-refractivity contribution in [1.29, 1.82) is 0 Å². The monoisotopic (exact) mass is 312 g/mol. The summed E-state index contributed by atoms with van der Waals surface area (Å²) in [4.78, 5) is 2.77. The molecule has 1 saturated heterocycles. The Hall–Kier alpha value is 0.270. The van der Waals surface area contributed by atoms with Crippen molar-refractivity contribution in [2.24, 2.45) is 17.8 Å². The highest BCUT2D eigenvalue weighted by molar-refractivity contribution is 8.00. The maximum absolute atomic E-state index is 3.78. The number of hydrogen-bond acceptors (Lipinski definition) is 3. The zero-order chi connectivity index (χ0) is 15.2. The van der Waals surface area contributed by atoms with Crippen LogP contribution in [0.5, 0.6) is 0 Å². The van der Waals surface area contributed by atoms with Crippen molar-refractivity contribution in [1.82, 2.24) is 10.2 Å². The third kappa shape index (κ3) is 5.14. The van der Waals surface area contributed by atoms with Gasteiger partial charge >= 0.3 is 0 Å². The van der Waals surface area contributed by atoms with Gasteiger partial charge in [-0.3, -0.25) is 0 Å². The van der Waals surface area contributed by atoms with Crippen molar-refractivity contribution in [2.75, 3.05) is 31.9 Å². The fourth-order valence-electron chi connectivity index (χ4n) is 4.16. The Labute approximate surface area is 136 Å². The summed E-state index contributed by atoms with van der Waals surface area (Å²) >= 11 is 2.19. The first-order valence-corrected chi connectivity index (χ1v) is 10.3. The summed E-state index contributed by atoms with van der Waals surface area (Å²) in [5.41, 5.74) is 0. The summed E-state index contributed by atoms with van der Waals surface area (Å²) in [5, 5.41) is 4.65. The number of nitrogens with one attached hydrogen (secondary N) is 1. The molecule has 1 aliphatic heterocycles. The number of nitrogens with zero attached hydrogens (tertiary/aromatic N) is 1. The van der Waals surface area contributed by atoms with Gasteiger partial charge in [-0.25, -0.2) is 0 Å². The Kier molecular flexibility index (Phi) is 7.37. The Morgan fingerprint density at radius 3 is 2.71 bits per heavy atom. The van der Waals surface area contributed by atoms with Crippen LogP contribution < -0.4 is 5.32 Å². The minimum atomic E-state index is 0.764. The van der Waals surface area contributed by atoms with Gasteiger partial charge in [0.25, 0.3) is 0 Å². The standard InChI is InChI=1S/C18H36N2S/c1-5-17-13-20(9-10-21-17)12-16-11-15(14(3)4)7-8-18(16)19-6-2/h14-19H,5-13H2,1-4H3. The molecule has 1 aliphatic carbocycles. The van der Waals surface area contributed by atoms with Crippen LogP contribution in [0.15, 0.2) is 0 Å². The van der Waals surface area contributed by atoms with Crippen LogP contribution in [0.1, 0.15) is 53.4 Å². The molecule has 0 spiro atoms. The van der Waals surface area contributed by atoms with Crippen molar-refractivity contribution < 1.29 is 0 Å². The van der Waals surface area contributed by atoms with E-state index in [9.17, 15) is 0 Å². The van der Waals surface area contributed by atoms with E-state index in [1.807, 2.05) is 0 Å². The van der Waals surface area contributed by atoms with Gasteiger partial charge in [0.1, 0.15) is 0 Å². The van der Waals surface area contributed by atoms with Crippen LogP contribution in [-0.2, 0) is 0 Å². The summed E-state index contributed by atoms with van der Waals surface area (Å²) < 4.78 is 0. The minimum absolute atomic E-state index is 0.764. The zero-order valence-corrected chi connectivity index (χ0v) is 15.4. The van der Waals surface area contributed by atoms with E-state index in [0.29, 0.717) is 0 Å². The highest BCUT2D eigenvalue weighted by atomic mass is 32.2. The molecule has 0 aromatic rings. The molecular weight excluding hydrogens is 276 g/mol. The molecule has 0 bridgehead atoms. The van der Waals surface area contributed by atoms with Crippen LogP contribution in [-0.4, -0.2) is 48.1 Å². The van der Waals surface area contributed by atoms with E-state index in [4.69, 9.17) is 0 Å². The van der Waals surface area contributed by atoms with E-state index in [0.717, 1.165) is 35.6 Å². The maximum atomic E-state index is 3.78. The van der Waals surface area contributed by atoms with E-state index < -0.39 is 0 Å². The number of rotatable bonds is 6. The Morgan fingerprint density at radius 2 is 2.05 bits per heavy atom. The van der Waals surface area contributed by atoms with Gasteiger partial charge in [-0.1, -0.05) is 27.7 Å². The molecule has 2 aliphatic rings. The Bertz CT molecular complexity index is 295. The molecule has 124 valence electrons. The lowest BCUT2D eigenvalue weighted by Crippen LogP contribution is -2.49. The molecule has 1 saturated carbocycles. The molecule has 2 rings (SSSR count). The predicted molar refractivity (Wildman–Crippen MR) is 96.1 cm³/mol. The smallest absolute Gasteiger partial charge is 0.0172 e. The molecule has 0 aromatic heterocycles. The highest BCUT2D eigenvalue weighted by Crippen LogP contribution is 2.35. The average Bonchev–Trinajstić information content (AvgIpc) is 2.49. The van der Waals surface area contributed by atoms with Crippen LogP contribution in [0, 0.1) is 17.8 Å². The quantitative estimate of drug-likeness (QED) is 0.801. The van der Waals surface area contributed by atoms with Crippen LogP contribution in [0.2, 0.25) is 0 Å². The molecule has 2 fully saturated rings. The van der Waals surface area contributed by atoms with Gasteiger partial charge in [0, 0.05) is 36.7 Å². The third-order valence-corrected chi connectivity index (χ3v) is 6.98. The lowest BCUT2D eigenvalue weighted by Gasteiger charge is -2.42. The highest BCUT2D eigenvalue weighted by Gasteiger charge is 2.33. The van der Waals surface area contributed by atoms with Crippen LogP contribution in [0.4, 0.5) is 0 Å². The van der Waals surface area contributed by atoms with E-state index >= 15 is 0 Å². The van der Waals surface area contributed by atoms with Gasteiger partial charge in [0.15, 0.2) is 0 Å². The lowest BCUT2D eigenvalue weighted by atomic mass is 9.73. The average molecular weight is 313 g/mol. The maximum Gasteiger partial charge on any atom is 0.0172 e. The molecule has 2 nitrogen and oxygen atoms in total. The molecule has 1 heterocycles. The van der Waals surface area contributed by atoms with Gasteiger partial charge in [0.2, 0.25) is 0 Å². The summed E-state index contributed by atoms with van der Waals surface area (Å²) in [7, 11) is 0. The van der Waals surface area contributed by atoms with Crippen LogP contribution in [0.25, 0.3) is 0 Å². The Balaban J connectivity index is 1.92. The molecular formula is C18H36N2S. The predicted octanol–water partition coefficient (Wildman–Crippen LogP) is 3.86. The van der Waals surface area contributed by atoms with Crippen molar-refractivity contribution in [2.45, 2.75) is 64.7 Å². The SMILES string of the molecule is CCNC1CCC(C(C)C)CC1CN1CCSC(CC)C1. The molecule has 4 unspecified atom stereocenters. The zero-order valence-electron chi connectivity index (χ0n) is 14.6. The van der Waals surface area contributed by atoms with Crippen molar-refractivity contribution in [3.05, 3.63) is 0 Å². The number of hydrogen-bond donors (Lipinski definition) is 1. The van der Waals surface area contributed by atoms with Gasteiger partial charge in [-0.15, -0.1) is 0 Å². The van der Waals surface area contributed by atoms with E-state index in [1.165, 1.54) is 51.1 Å². The van der Waals surface area contributed by atoms with Gasteiger partial charge in [-0.05, 0) is 50.0 Å². The molecule has 0 radical (unpaired) electrons. The molecule has 0 amide bonds. The summed E-state index contributed by atoms with van der Waals surface area (Å²) in [6.07, 6.45) is 5.59. The van der Waals surface area contributed by atoms with Gasteiger partial charge in [-0.2, -0.15) is 11.8 Å². The normalized spacial score (nSPS) is 35.3. The van der Waals surface area contributed by atoms with Crippen molar-refractivity contribution in [3.8, 4) is 0 Å². The van der Waals surface area contributed by atoms with Crippen LogP contribution in [0.3, 0.4) is 0 Å². The summed E-state index contributed by atoms with van der Waals surface area (Å²) in [5.74, 6) is 4.01. The molecule has 3 heteroatoms. The molecule has 21 heavy (non-hydrogen) atoms. The summed E-state index contributed by atoms with van der Waals surface area (Å²) in [6, 6.07) is 0.764. The minimum Gasteiger partial charge on any atom is -0.314 e. The number of thioether (sulfide) groups is 1. The topological polar surface area (TPSA) is 15.3 Å². The fraction of sp³-hybridized carbons (Fsp3) is 1.00. The van der Waals surface area contributed by atoms with Crippen molar-refractivity contribution >= 4 is 11.8 Å². The van der Waals surface area contributed by atoms with Gasteiger partial charge in [0.05, 0.1) is 0 Å². The summed E-state index contributed by atoms with van der Waals surface area (Å²) in [6.45, 7) is 14.5. The lowest BCUT2D eigenvalue weighted by molar-refractivity contribution is 0.123. The Morgan fingerprint density at radius 1 is 1.24 bits per heavy atom. The van der Waals surface area contributed by atoms with E-state index in [1.54, 1.807) is 0 Å². The second-order valence-corrected chi connectivity index (χ2v) is 8.81. The van der Waals surface area contributed by atoms with Crippen molar-refractivity contribution in [3.63, 3.8) is 0 Å². The van der Waals surface area contributed by atoms with E-state index in [2.05, 4.69) is 49.7 Å². The second-order valence-electron chi connectivity index (χ2n) is 7.40. The largest absolute Gasteiger partial charge is 0.314 e. The van der Waals surface area contributed by atoms with E-state index in [-0.39, 0.29) is 0 Å². The first kappa shape index (κ1) is 17.6. The van der Waals surface area contributed by atoms with Gasteiger partial charge < -0.3 is 10.2 Å². The first-order chi connectivity index (χ1) is 10.1.